The third-order valence-corrected chi connectivity index (χ3v) is 7.24. The van der Waals surface area contributed by atoms with E-state index in [9.17, 15) is 19.5 Å². The minimum atomic E-state index is -1.05. The van der Waals surface area contributed by atoms with E-state index < -0.39 is 23.5 Å². The highest BCUT2D eigenvalue weighted by Crippen LogP contribution is 2.58. The first kappa shape index (κ1) is 23.0. The van der Waals surface area contributed by atoms with E-state index in [1.54, 1.807) is 12.1 Å². The van der Waals surface area contributed by atoms with E-state index in [1.165, 1.54) is 4.90 Å². The number of aliphatic hydroxyl groups is 1. The number of para-hydroxylation sites is 1. The van der Waals surface area contributed by atoms with E-state index >= 15 is 0 Å². The average Bonchev–Trinajstić information content (AvgIpc) is 3.40. The molecule has 2 bridgehead atoms. The van der Waals surface area contributed by atoms with Crippen molar-refractivity contribution < 1.29 is 24.2 Å². The predicted octanol–water partition coefficient (Wildman–Crippen LogP) is 1.87. The summed E-state index contributed by atoms with van der Waals surface area (Å²) in [7, 11) is 0. The van der Waals surface area contributed by atoms with Crippen LogP contribution in [0.3, 0.4) is 0 Å². The summed E-state index contributed by atoms with van der Waals surface area (Å²) < 4.78 is 6.33. The maximum absolute atomic E-state index is 13.6. The number of aryl methyl sites for hydroxylation is 1. The fourth-order valence-electron chi connectivity index (χ4n) is 5.58. The quantitative estimate of drug-likeness (QED) is 0.545. The van der Waals surface area contributed by atoms with Gasteiger partial charge in [0.15, 0.2) is 0 Å². The molecule has 8 nitrogen and oxygen atoms in total. The summed E-state index contributed by atoms with van der Waals surface area (Å²) in [5.41, 5.74) is 0.253. The van der Waals surface area contributed by atoms with Gasteiger partial charge in [-0.15, -0.1) is 0 Å². The van der Waals surface area contributed by atoms with Gasteiger partial charge in [-0.1, -0.05) is 30.7 Å². The predicted molar refractivity (Wildman–Crippen MR) is 119 cm³/mol. The third-order valence-electron chi connectivity index (χ3n) is 6.93. The summed E-state index contributed by atoms with van der Waals surface area (Å²) >= 11 is 6.32. The Kier molecular flexibility index (Phi) is 6.47. The van der Waals surface area contributed by atoms with E-state index in [1.807, 2.05) is 19.9 Å². The fraction of sp³-hybridized carbons (Fsp3) is 0.609. The van der Waals surface area contributed by atoms with Crippen LogP contribution in [0.1, 0.15) is 38.2 Å². The summed E-state index contributed by atoms with van der Waals surface area (Å²) in [6.07, 6.45) is 1.90. The van der Waals surface area contributed by atoms with Crippen molar-refractivity contribution in [3.05, 3.63) is 28.8 Å². The molecule has 3 saturated heterocycles. The van der Waals surface area contributed by atoms with Crippen LogP contribution in [-0.4, -0.2) is 65.2 Å². The van der Waals surface area contributed by atoms with Gasteiger partial charge in [0.05, 0.1) is 28.6 Å². The minimum absolute atomic E-state index is 0.108. The van der Waals surface area contributed by atoms with E-state index in [4.69, 9.17) is 16.3 Å². The first-order valence-electron chi connectivity index (χ1n) is 11.3. The Labute approximate surface area is 192 Å². The molecule has 3 fully saturated rings. The number of halogens is 1. The van der Waals surface area contributed by atoms with Crippen LogP contribution in [0.25, 0.3) is 0 Å². The summed E-state index contributed by atoms with van der Waals surface area (Å²) in [5.74, 6) is -2.15. The molecule has 174 valence electrons. The summed E-state index contributed by atoms with van der Waals surface area (Å²) in [6, 6.07) is 4.45. The zero-order valence-electron chi connectivity index (χ0n) is 18.4. The number of anilines is 1. The van der Waals surface area contributed by atoms with Crippen molar-refractivity contribution in [2.45, 2.75) is 57.3 Å². The van der Waals surface area contributed by atoms with Crippen LogP contribution in [0, 0.1) is 18.8 Å². The van der Waals surface area contributed by atoms with Crippen molar-refractivity contribution in [3.63, 3.8) is 0 Å². The number of benzene rings is 1. The lowest BCUT2D eigenvalue weighted by atomic mass is 9.70. The van der Waals surface area contributed by atoms with E-state index in [0.717, 1.165) is 12.0 Å². The number of nitrogens with one attached hydrogen (secondary N) is 2. The van der Waals surface area contributed by atoms with Gasteiger partial charge in [0.2, 0.25) is 17.7 Å². The van der Waals surface area contributed by atoms with Crippen molar-refractivity contribution in [2.75, 3.05) is 25.0 Å². The lowest BCUT2D eigenvalue weighted by molar-refractivity contribution is -0.141. The molecule has 3 aliphatic heterocycles. The Morgan fingerprint density at radius 3 is 2.81 bits per heavy atom. The number of aliphatic hydroxyl groups excluding tert-OH is 1. The van der Waals surface area contributed by atoms with Gasteiger partial charge in [0.1, 0.15) is 11.6 Å². The number of rotatable bonds is 8. The van der Waals surface area contributed by atoms with Crippen molar-refractivity contribution >= 4 is 35.0 Å². The number of fused-ring (bicyclic) bond motifs is 1. The highest BCUT2D eigenvalue weighted by atomic mass is 35.5. The van der Waals surface area contributed by atoms with Gasteiger partial charge in [-0.05, 0) is 44.2 Å². The molecule has 1 aromatic rings. The zero-order chi connectivity index (χ0) is 23.0. The number of amides is 3. The van der Waals surface area contributed by atoms with Gasteiger partial charge in [-0.3, -0.25) is 14.4 Å². The first-order valence-corrected chi connectivity index (χ1v) is 11.7. The largest absolute Gasteiger partial charge is 0.396 e. The molecule has 5 atom stereocenters. The molecule has 0 aromatic heterocycles. The van der Waals surface area contributed by atoms with Crippen molar-refractivity contribution in [1.82, 2.24) is 10.2 Å². The molecular formula is C23H30ClN3O5. The van der Waals surface area contributed by atoms with Crippen LogP contribution in [0.2, 0.25) is 5.02 Å². The SMILES string of the molecule is CCCNC(=O)[C@@H]1[C@@H]2CCC3(O2)C(C(=O)Nc2c(C)cccc2Cl)N(CCCO)C(=O)[C@H]13. The Bertz CT molecular complexity index is 905. The van der Waals surface area contributed by atoms with Gasteiger partial charge in [-0.2, -0.15) is 0 Å². The molecule has 0 radical (unpaired) electrons. The van der Waals surface area contributed by atoms with Crippen LogP contribution in [0.4, 0.5) is 5.69 Å². The minimum Gasteiger partial charge on any atom is -0.396 e. The number of carbonyl (C=O) groups is 3. The van der Waals surface area contributed by atoms with Gasteiger partial charge >= 0.3 is 0 Å². The maximum atomic E-state index is 13.6. The molecule has 0 aliphatic carbocycles. The van der Waals surface area contributed by atoms with Crippen LogP contribution in [0.15, 0.2) is 18.2 Å². The van der Waals surface area contributed by atoms with Crippen LogP contribution >= 0.6 is 11.6 Å². The number of likely N-dealkylation sites (tertiary alicyclic amines) is 1. The summed E-state index contributed by atoms with van der Waals surface area (Å²) in [5, 5.41) is 15.6. The Morgan fingerprint density at radius 1 is 1.34 bits per heavy atom. The topological polar surface area (TPSA) is 108 Å². The molecule has 1 spiro atoms. The molecule has 9 heteroatoms. The van der Waals surface area contributed by atoms with Gasteiger partial charge < -0.3 is 25.4 Å². The molecule has 3 heterocycles. The number of hydrogen-bond donors (Lipinski definition) is 3. The maximum Gasteiger partial charge on any atom is 0.250 e. The van der Waals surface area contributed by atoms with Gasteiger partial charge in [0, 0.05) is 19.7 Å². The van der Waals surface area contributed by atoms with Crippen LogP contribution in [-0.2, 0) is 19.1 Å². The second-order valence-electron chi connectivity index (χ2n) is 8.88. The second-order valence-corrected chi connectivity index (χ2v) is 9.28. The smallest absolute Gasteiger partial charge is 0.250 e. The van der Waals surface area contributed by atoms with Crippen molar-refractivity contribution in [1.29, 1.82) is 0 Å². The van der Waals surface area contributed by atoms with Gasteiger partial charge in [-0.25, -0.2) is 0 Å². The number of ether oxygens (including phenoxy) is 1. The fourth-order valence-corrected chi connectivity index (χ4v) is 5.85. The van der Waals surface area contributed by atoms with Crippen LogP contribution < -0.4 is 10.6 Å². The van der Waals surface area contributed by atoms with Crippen molar-refractivity contribution in [3.8, 4) is 0 Å². The molecule has 0 saturated carbocycles. The van der Waals surface area contributed by atoms with Crippen molar-refractivity contribution in [2.24, 2.45) is 11.8 Å². The Hall–Kier alpha value is -2.16. The Balaban J connectivity index is 1.68. The molecule has 4 rings (SSSR count). The molecule has 2 unspecified atom stereocenters. The van der Waals surface area contributed by atoms with Gasteiger partial charge in [0.25, 0.3) is 0 Å². The van der Waals surface area contributed by atoms with E-state index in [-0.39, 0.29) is 37.0 Å². The number of nitrogens with zero attached hydrogens (tertiary/aromatic N) is 1. The molecule has 3 N–H and O–H groups in total. The average molecular weight is 464 g/mol. The standard InChI is InChI=1S/C23H30ClN3O5/c1-3-10-25-20(29)16-15-8-9-23(32-15)17(16)22(31)27(11-5-12-28)19(23)21(30)26-18-13(2)6-4-7-14(18)24/h4,6-7,15-17,19,28H,3,5,8-12H2,1-2H3,(H,25,29)(H,26,30)/t15-,16+,17-,19?,23?/m0/s1. The van der Waals surface area contributed by atoms with Crippen LogP contribution in [0.5, 0.6) is 0 Å². The normalized spacial score (nSPS) is 30.5. The molecule has 3 amide bonds. The number of carbonyl (C=O) groups excluding carboxylic acids is 3. The zero-order valence-corrected chi connectivity index (χ0v) is 19.2. The highest BCUT2D eigenvalue weighted by Gasteiger charge is 2.74. The summed E-state index contributed by atoms with van der Waals surface area (Å²) in [4.78, 5) is 41.6. The molecule has 1 aromatic carbocycles. The monoisotopic (exact) mass is 463 g/mol. The third kappa shape index (κ3) is 3.58. The first-order chi connectivity index (χ1) is 15.4. The molecule has 3 aliphatic rings. The second kappa shape index (κ2) is 9.00. The lowest BCUT2D eigenvalue weighted by Crippen LogP contribution is -2.53. The summed E-state index contributed by atoms with van der Waals surface area (Å²) in [6.45, 7) is 4.44. The van der Waals surface area contributed by atoms with E-state index in [2.05, 4.69) is 10.6 Å². The molecule has 32 heavy (non-hydrogen) atoms. The highest BCUT2D eigenvalue weighted by molar-refractivity contribution is 6.34. The molecular weight excluding hydrogens is 434 g/mol. The lowest BCUT2D eigenvalue weighted by Gasteiger charge is -2.33. The number of hydrogen-bond acceptors (Lipinski definition) is 5. The Morgan fingerprint density at radius 2 is 2.12 bits per heavy atom. The van der Waals surface area contributed by atoms with E-state index in [0.29, 0.717) is 36.5 Å².